The first-order valence-electron chi connectivity index (χ1n) is 6.59. The van der Waals surface area contributed by atoms with Gasteiger partial charge in [0.05, 0.1) is 6.04 Å². The monoisotopic (exact) mass is 246 g/mol. The molecule has 1 aliphatic rings. The van der Waals surface area contributed by atoms with Gasteiger partial charge in [-0.15, -0.1) is 0 Å². The van der Waals surface area contributed by atoms with Gasteiger partial charge in [0.15, 0.2) is 0 Å². The van der Waals surface area contributed by atoms with Crippen molar-refractivity contribution in [2.45, 2.75) is 38.3 Å². The second-order valence-electron chi connectivity index (χ2n) is 4.88. The van der Waals surface area contributed by atoms with Crippen LogP contribution in [-0.2, 0) is 6.54 Å². The third kappa shape index (κ3) is 3.47. The lowest BCUT2D eigenvalue weighted by Gasteiger charge is -2.22. The van der Waals surface area contributed by atoms with Crippen LogP contribution < -0.4 is 11.3 Å². The fourth-order valence-corrected chi connectivity index (χ4v) is 2.38. The van der Waals surface area contributed by atoms with E-state index in [9.17, 15) is 0 Å². The molecule has 1 aromatic carbocycles. The van der Waals surface area contributed by atoms with Gasteiger partial charge >= 0.3 is 0 Å². The molecule has 0 unspecified atom stereocenters. The Kier molecular flexibility index (Phi) is 4.59. The van der Waals surface area contributed by atoms with E-state index in [0.29, 0.717) is 6.04 Å². The molecule has 3 N–H and O–H groups in total. The summed E-state index contributed by atoms with van der Waals surface area (Å²) in [5.41, 5.74) is 3.98. The average Bonchev–Trinajstić information content (AvgIpc) is 2.90. The minimum absolute atomic E-state index is 0.439. The lowest BCUT2D eigenvalue weighted by atomic mass is 10.2. The van der Waals surface area contributed by atoms with Crippen LogP contribution in [0.15, 0.2) is 35.3 Å². The molecular weight excluding hydrogens is 224 g/mol. The van der Waals surface area contributed by atoms with Gasteiger partial charge in [0, 0.05) is 13.6 Å². The van der Waals surface area contributed by atoms with Gasteiger partial charge in [0.1, 0.15) is 0 Å². The minimum Gasteiger partial charge on any atom is -0.341 e. The van der Waals surface area contributed by atoms with Crippen molar-refractivity contribution in [2.24, 2.45) is 10.8 Å². The molecule has 0 aromatic heterocycles. The van der Waals surface area contributed by atoms with Crippen molar-refractivity contribution in [3.8, 4) is 0 Å². The van der Waals surface area contributed by atoms with E-state index in [1.807, 2.05) is 25.2 Å². The van der Waals surface area contributed by atoms with Crippen LogP contribution in [-0.4, -0.2) is 23.9 Å². The summed E-state index contributed by atoms with van der Waals surface area (Å²) >= 11 is 0. The third-order valence-corrected chi connectivity index (χ3v) is 3.38. The van der Waals surface area contributed by atoms with E-state index in [1.165, 1.54) is 31.2 Å². The number of hydrogen-bond donors (Lipinski definition) is 2. The van der Waals surface area contributed by atoms with Crippen molar-refractivity contribution in [1.82, 2.24) is 10.3 Å². The van der Waals surface area contributed by atoms with Gasteiger partial charge in [0.2, 0.25) is 5.96 Å². The van der Waals surface area contributed by atoms with E-state index in [0.717, 1.165) is 12.5 Å². The smallest absolute Gasteiger partial charge is 0.208 e. The summed E-state index contributed by atoms with van der Waals surface area (Å²) in [5.74, 6) is 6.37. The number of nitrogens with two attached hydrogens (primary N) is 1. The molecular formula is C14H22N4. The Morgan fingerprint density at radius 2 is 2.00 bits per heavy atom. The van der Waals surface area contributed by atoms with Gasteiger partial charge in [-0.3, -0.25) is 5.43 Å². The fourth-order valence-electron chi connectivity index (χ4n) is 2.38. The maximum absolute atomic E-state index is 5.58. The molecule has 4 nitrogen and oxygen atoms in total. The quantitative estimate of drug-likeness (QED) is 0.370. The molecule has 1 aromatic rings. The van der Waals surface area contributed by atoms with Crippen LogP contribution in [0.3, 0.4) is 0 Å². The number of rotatable bonds is 3. The first-order chi connectivity index (χ1) is 8.79. The molecule has 98 valence electrons. The highest BCUT2D eigenvalue weighted by Gasteiger charge is 2.16. The number of guanidine groups is 1. The highest BCUT2D eigenvalue weighted by Crippen LogP contribution is 2.21. The highest BCUT2D eigenvalue weighted by atomic mass is 15.4. The topological polar surface area (TPSA) is 53.6 Å². The van der Waals surface area contributed by atoms with Crippen LogP contribution >= 0.6 is 0 Å². The molecule has 0 amide bonds. The first-order valence-corrected chi connectivity index (χ1v) is 6.59. The largest absolute Gasteiger partial charge is 0.341 e. The molecule has 0 saturated heterocycles. The second kappa shape index (κ2) is 6.40. The van der Waals surface area contributed by atoms with Crippen LogP contribution in [0.5, 0.6) is 0 Å². The number of benzene rings is 1. The van der Waals surface area contributed by atoms with E-state index in [-0.39, 0.29) is 0 Å². The number of nitrogens with one attached hydrogen (secondary N) is 1. The SMILES string of the molecule is CN(Cc1ccccc1)C(=NC1CCCC1)NN. The number of nitrogens with zero attached hydrogens (tertiary/aromatic N) is 2. The van der Waals surface area contributed by atoms with Crippen molar-refractivity contribution in [3.05, 3.63) is 35.9 Å². The van der Waals surface area contributed by atoms with Crippen LogP contribution in [0, 0.1) is 0 Å². The van der Waals surface area contributed by atoms with E-state index >= 15 is 0 Å². The zero-order chi connectivity index (χ0) is 12.8. The Morgan fingerprint density at radius 1 is 1.33 bits per heavy atom. The van der Waals surface area contributed by atoms with Crippen molar-refractivity contribution < 1.29 is 0 Å². The summed E-state index contributed by atoms with van der Waals surface area (Å²) in [7, 11) is 2.01. The summed E-state index contributed by atoms with van der Waals surface area (Å²) in [6.45, 7) is 0.816. The Bertz CT molecular complexity index is 382. The maximum atomic E-state index is 5.58. The number of hydrazine groups is 1. The van der Waals surface area contributed by atoms with Crippen LogP contribution in [0.25, 0.3) is 0 Å². The van der Waals surface area contributed by atoms with Crippen molar-refractivity contribution >= 4 is 5.96 Å². The van der Waals surface area contributed by atoms with Gasteiger partial charge in [0.25, 0.3) is 0 Å². The molecule has 0 aliphatic heterocycles. The van der Waals surface area contributed by atoms with Crippen LogP contribution in [0.2, 0.25) is 0 Å². The number of hydrogen-bond acceptors (Lipinski definition) is 2. The van der Waals surface area contributed by atoms with Gasteiger partial charge in [-0.25, -0.2) is 10.8 Å². The summed E-state index contributed by atoms with van der Waals surface area (Å²) in [5, 5.41) is 0. The first kappa shape index (κ1) is 12.9. The maximum Gasteiger partial charge on any atom is 0.208 e. The lowest BCUT2D eigenvalue weighted by Crippen LogP contribution is -2.43. The highest BCUT2D eigenvalue weighted by molar-refractivity contribution is 5.79. The predicted octanol–water partition coefficient (Wildman–Crippen LogP) is 1.88. The average molecular weight is 246 g/mol. The normalized spacial score (nSPS) is 16.9. The lowest BCUT2D eigenvalue weighted by molar-refractivity contribution is 0.471. The molecule has 18 heavy (non-hydrogen) atoms. The zero-order valence-corrected chi connectivity index (χ0v) is 11.0. The second-order valence-corrected chi connectivity index (χ2v) is 4.88. The van der Waals surface area contributed by atoms with Gasteiger partial charge in [-0.2, -0.15) is 0 Å². The van der Waals surface area contributed by atoms with E-state index < -0.39 is 0 Å². The van der Waals surface area contributed by atoms with E-state index in [1.54, 1.807) is 0 Å². The third-order valence-electron chi connectivity index (χ3n) is 3.38. The van der Waals surface area contributed by atoms with Crippen LogP contribution in [0.1, 0.15) is 31.2 Å². The Hall–Kier alpha value is -1.55. The summed E-state index contributed by atoms with van der Waals surface area (Å²) in [6.07, 6.45) is 4.94. The molecule has 0 radical (unpaired) electrons. The van der Waals surface area contributed by atoms with Gasteiger partial charge in [-0.1, -0.05) is 43.2 Å². The van der Waals surface area contributed by atoms with Gasteiger partial charge < -0.3 is 4.90 Å². The summed E-state index contributed by atoms with van der Waals surface area (Å²) in [6, 6.07) is 10.8. The molecule has 0 bridgehead atoms. The summed E-state index contributed by atoms with van der Waals surface area (Å²) in [4.78, 5) is 6.76. The van der Waals surface area contributed by atoms with E-state index in [2.05, 4.69) is 22.5 Å². The van der Waals surface area contributed by atoms with Gasteiger partial charge in [-0.05, 0) is 18.4 Å². The minimum atomic E-state index is 0.439. The van der Waals surface area contributed by atoms with Crippen molar-refractivity contribution in [1.29, 1.82) is 0 Å². The van der Waals surface area contributed by atoms with Crippen LogP contribution in [0.4, 0.5) is 0 Å². The molecule has 2 rings (SSSR count). The molecule has 1 aliphatic carbocycles. The zero-order valence-electron chi connectivity index (χ0n) is 11.0. The molecule has 4 heteroatoms. The molecule has 0 heterocycles. The molecule has 0 atom stereocenters. The number of aliphatic imine (C=N–C) groups is 1. The van der Waals surface area contributed by atoms with E-state index in [4.69, 9.17) is 10.8 Å². The molecule has 1 fully saturated rings. The Morgan fingerprint density at radius 3 is 2.61 bits per heavy atom. The standard InChI is InChI=1S/C14H22N4/c1-18(11-12-7-3-2-4-8-12)14(17-15)16-13-9-5-6-10-13/h2-4,7-8,13H,5-6,9-11,15H2,1H3,(H,16,17). The predicted molar refractivity (Wildman–Crippen MR) is 74.9 cm³/mol. The fraction of sp³-hybridized carbons (Fsp3) is 0.500. The van der Waals surface area contributed by atoms with Crippen molar-refractivity contribution in [3.63, 3.8) is 0 Å². The Labute approximate surface area is 109 Å². The molecule has 0 spiro atoms. The summed E-state index contributed by atoms with van der Waals surface area (Å²) < 4.78 is 0. The van der Waals surface area contributed by atoms with Crippen molar-refractivity contribution in [2.75, 3.05) is 7.05 Å². The molecule has 1 saturated carbocycles. The Balaban J connectivity index is 1.98.